The van der Waals surface area contributed by atoms with Gasteiger partial charge in [0.15, 0.2) is 5.13 Å². The average Bonchev–Trinajstić information content (AvgIpc) is 2.73. The number of rotatable bonds is 4. The molecule has 0 aliphatic heterocycles. The smallest absolute Gasteiger partial charge is 0.187 e. The van der Waals surface area contributed by atoms with E-state index in [1.54, 1.807) is 17.5 Å². The Morgan fingerprint density at radius 2 is 2.00 bits per heavy atom. The van der Waals surface area contributed by atoms with Gasteiger partial charge in [-0.15, -0.1) is 11.3 Å². The van der Waals surface area contributed by atoms with Gasteiger partial charge in [-0.2, -0.15) is 0 Å². The highest BCUT2D eigenvalue weighted by molar-refractivity contribution is 7.13. The van der Waals surface area contributed by atoms with Crippen LogP contribution in [0, 0.1) is 5.92 Å². The maximum atomic E-state index is 4.19. The molecule has 3 heteroatoms. The summed E-state index contributed by atoms with van der Waals surface area (Å²) in [5.74, 6) is 0.706. The molecule has 1 aromatic carbocycles. The molecule has 0 aliphatic rings. The highest BCUT2D eigenvalue weighted by Crippen LogP contribution is 2.19. The summed E-state index contributed by atoms with van der Waals surface area (Å²) in [6.07, 6.45) is 2.94. The molecule has 2 aromatic rings. The zero-order valence-electron chi connectivity index (χ0n) is 9.60. The molecule has 0 bridgehead atoms. The second-order valence-electron chi connectivity index (χ2n) is 4.26. The molecule has 0 saturated heterocycles. The summed E-state index contributed by atoms with van der Waals surface area (Å²) in [5.41, 5.74) is 2.49. The first-order valence-electron chi connectivity index (χ1n) is 5.49. The van der Waals surface area contributed by atoms with Gasteiger partial charge in [0, 0.05) is 17.3 Å². The van der Waals surface area contributed by atoms with Crippen LogP contribution >= 0.6 is 11.3 Å². The Bertz CT molecular complexity index is 418. The Morgan fingerprint density at radius 3 is 2.56 bits per heavy atom. The van der Waals surface area contributed by atoms with Crippen LogP contribution in [0.4, 0.5) is 10.8 Å². The topological polar surface area (TPSA) is 24.9 Å². The lowest BCUT2D eigenvalue weighted by atomic mass is 10.0. The van der Waals surface area contributed by atoms with Gasteiger partial charge in [0.2, 0.25) is 0 Å². The van der Waals surface area contributed by atoms with Gasteiger partial charge in [-0.25, -0.2) is 4.98 Å². The van der Waals surface area contributed by atoms with E-state index in [9.17, 15) is 0 Å². The molecule has 16 heavy (non-hydrogen) atoms. The van der Waals surface area contributed by atoms with Crippen LogP contribution in [-0.4, -0.2) is 4.98 Å². The Labute approximate surface area is 100 Å². The van der Waals surface area contributed by atoms with Crippen LogP contribution in [0.5, 0.6) is 0 Å². The number of thiazole rings is 1. The number of hydrogen-bond donors (Lipinski definition) is 1. The minimum Gasteiger partial charge on any atom is -0.332 e. The first-order valence-corrected chi connectivity index (χ1v) is 6.37. The van der Waals surface area contributed by atoms with Gasteiger partial charge in [0.05, 0.1) is 0 Å². The van der Waals surface area contributed by atoms with Crippen molar-refractivity contribution in [2.24, 2.45) is 5.92 Å². The van der Waals surface area contributed by atoms with Gasteiger partial charge in [-0.3, -0.25) is 0 Å². The molecule has 0 atom stereocenters. The Kier molecular flexibility index (Phi) is 3.57. The lowest BCUT2D eigenvalue weighted by Gasteiger charge is -2.06. The van der Waals surface area contributed by atoms with Crippen molar-refractivity contribution in [1.29, 1.82) is 0 Å². The molecule has 1 heterocycles. The van der Waals surface area contributed by atoms with Crippen LogP contribution in [0.25, 0.3) is 0 Å². The Hall–Kier alpha value is -1.35. The highest BCUT2D eigenvalue weighted by Gasteiger charge is 1.99. The molecule has 0 unspecified atom stereocenters. The predicted octanol–water partition coefficient (Wildman–Crippen LogP) is 4.09. The molecule has 0 aliphatic carbocycles. The lowest BCUT2D eigenvalue weighted by Crippen LogP contribution is -1.94. The molecule has 0 amide bonds. The van der Waals surface area contributed by atoms with E-state index < -0.39 is 0 Å². The highest BCUT2D eigenvalue weighted by atomic mass is 32.1. The SMILES string of the molecule is CC(C)Cc1ccc(Nc2nccs2)cc1. The van der Waals surface area contributed by atoms with Crippen molar-refractivity contribution >= 4 is 22.2 Å². The largest absolute Gasteiger partial charge is 0.332 e. The van der Waals surface area contributed by atoms with E-state index in [0.717, 1.165) is 17.2 Å². The molecule has 2 rings (SSSR count). The third-order valence-electron chi connectivity index (χ3n) is 2.28. The van der Waals surface area contributed by atoms with Crippen molar-refractivity contribution < 1.29 is 0 Å². The van der Waals surface area contributed by atoms with Crippen molar-refractivity contribution in [2.75, 3.05) is 5.32 Å². The zero-order valence-corrected chi connectivity index (χ0v) is 10.4. The number of aromatic nitrogens is 1. The van der Waals surface area contributed by atoms with Crippen molar-refractivity contribution in [2.45, 2.75) is 20.3 Å². The molecule has 1 N–H and O–H groups in total. The summed E-state index contributed by atoms with van der Waals surface area (Å²) in [6, 6.07) is 8.57. The summed E-state index contributed by atoms with van der Waals surface area (Å²) in [6.45, 7) is 4.48. The number of benzene rings is 1. The van der Waals surface area contributed by atoms with Crippen molar-refractivity contribution in [1.82, 2.24) is 4.98 Å². The maximum absolute atomic E-state index is 4.19. The minimum atomic E-state index is 0.706. The molecule has 0 spiro atoms. The maximum Gasteiger partial charge on any atom is 0.187 e. The van der Waals surface area contributed by atoms with Gasteiger partial charge in [-0.05, 0) is 30.0 Å². The molecular weight excluding hydrogens is 216 g/mol. The van der Waals surface area contributed by atoms with E-state index in [-0.39, 0.29) is 0 Å². The summed E-state index contributed by atoms with van der Waals surface area (Å²) in [5, 5.41) is 6.18. The summed E-state index contributed by atoms with van der Waals surface area (Å²) < 4.78 is 0. The van der Waals surface area contributed by atoms with Crippen LogP contribution < -0.4 is 5.32 Å². The summed E-state index contributed by atoms with van der Waals surface area (Å²) >= 11 is 1.61. The number of nitrogens with zero attached hydrogens (tertiary/aromatic N) is 1. The van der Waals surface area contributed by atoms with Crippen molar-refractivity contribution in [3.05, 3.63) is 41.4 Å². The van der Waals surface area contributed by atoms with Crippen LogP contribution in [0.15, 0.2) is 35.8 Å². The normalized spacial score (nSPS) is 10.7. The summed E-state index contributed by atoms with van der Waals surface area (Å²) in [7, 11) is 0. The molecule has 0 saturated carbocycles. The average molecular weight is 232 g/mol. The van der Waals surface area contributed by atoms with E-state index >= 15 is 0 Å². The standard InChI is InChI=1S/C13H16N2S/c1-10(2)9-11-3-5-12(6-4-11)15-13-14-7-8-16-13/h3-8,10H,9H2,1-2H3,(H,14,15). The molecule has 0 fully saturated rings. The molecule has 2 nitrogen and oxygen atoms in total. The quantitative estimate of drug-likeness (QED) is 0.859. The van der Waals surface area contributed by atoms with Crippen LogP contribution in [-0.2, 0) is 6.42 Å². The van der Waals surface area contributed by atoms with Crippen molar-refractivity contribution in [3.63, 3.8) is 0 Å². The first-order chi connectivity index (χ1) is 7.74. The van der Waals surface area contributed by atoms with Gasteiger partial charge >= 0.3 is 0 Å². The zero-order chi connectivity index (χ0) is 11.4. The van der Waals surface area contributed by atoms with E-state index in [0.29, 0.717) is 5.92 Å². The number of anilines is 2. The van der Waals surface area contributed by atoms with Crippen LogP contribution in [0.1, 0.15) is 19.4 Å². The molecule has 84 valence electrons. The van der Waals surface area contributed by atoms with Crippen LogP contribution in [0.2, 0.25) is 0 Å². The molecule has 1 aromatic heterocycles. The van der Waals surface area contributed by atoms with E-state index in [2.05, 4.69) is 48.4 Å². The fourth-order valence-electron chi connectivity index (χ4n) is 1.60. The fraction of sp³-hybridized carbons (Fsp3) is 0.308. The van der Waals surface area contributed by atoms with Crippen LogP contribution in [0.3, 0.4) is 0 Å². The monoisotopic (exact) mass is 232 g/mol. The van der Waals surface area contributed by atoms with Gasteiger partial charge < -0.3 is 5.32 Å². The predicted molar refractivity (Wildman–Crippen MR) is 70.4 cm³/mol. The van der Waals surface area contributed by atoms with Gasteiger partial charge in [0.1, 0.15) is 0 Å². The molecule has 0 radical (unpaired) electrons. The fourth-order valence-corrected chi connectivity index (χ4v) is 2.15. The second kappa shape index (κ2) is 5.12. The van der Waals surface area contributed by atoms with Gasteiger partial charge in [0.25, 0.3) is 0 Å². The minimum absolute atomic E-state index is 0.706. The molecular formula is C13H16N2S. The third-order valence-corrected chi connectivity index (χ3v) is 2.97. The van der Waals surface area contributed by atoms with Crippen molar-refractivity contribution in [3.8, 4) is 0 Å². The van der Waals surface area contributed by atoms with E-state index in [1.165, 1.54) is 5.56 Å². The summed E-state index contributed by atoms with van der Waals surface area (Å²) in [4.78, 5) is 4.19. The third kappa shape index (κ3) is 3.07. The Morgan fingerprint density at radius 1 is 1.25 bits per heavy atom. The lowest BCUT2D eigenvalue weighted by molar-refractivity contribution is 0.647. The van der Waals surface area contributed by atoms with Gasteiger partial charge in [-0.1, -0.05) is 26.0 Å². The second-order valence-corrected chi connectivity index (χ2v) is 5.15. The number of nitrogens with one attached hydrogen (secondary N) is 1. The first kappa shape index (κ1) is 11.1. The Balaban J connectivity index is 2.02. The van der Waals surface area contributed by atoms with E-state index in [4.69, 9.17) is 0 Å². The number of hydrogen-bond acceptors (Lipinski definition) is 3. The van der Waals surface area contributed by atoms with E-state index in [1.807, 2.05) is 5.38 Å².